The van der Waals surface area contributed by atoms with E-state index in [4.69, 9.17) is 4.74 Å². The maximum absolute atomic E-state index is 13.2. The molecule has 0 aliphatic carbocycles. The minimum Gasteiger partial charge on any atom is -0.380 e. The molecule has 0 radical (unpaired) electrons. The van der Waals surface area contributed by atoms with Gasteiger partial charge in [-0.25, -0.2) is 8.42 Å². The van der Waals surface area contributed by atoms with Crippen LogP contribution >= 0.6 is 11.3 Å². The first-order valence-corrected chi connectivity index (χ1v) is 14.6. The number of hydrogen-bond donors (Lipinski definition) is 0. The lowest BCUT2D eigenvalue weighted by atomic mass is 10.2. The fourth-order valence-electron chi connectivity index (χ4n) is 4.00. The number of nitro benzene ring substituents is 1. The van der Waals surface area contributed by atoms with E-state index in [0.717, 1.165) is 16.9 Å². The van der Waals surface area contributed by atoms with Crippen molar-refractivity contribution in [3.8, 4) is 0 Å². The first kappa shape index (κ1) is 28.3. The normalized spacial score (nSPS) is 12.3. The number of hydrogen-bond acceptors (Lipinski definition) is 7. The van der Waals surface area contributed by atoms with Gasteiger partial charge in [0.15, 0.2) is 4.80 Å². The fourth-order valence-corrected chi connectivity index (χ4v) is 6.53. The molecule has 12 heteroatoms. The zero-order valence-electron chi connectivity index (χ0n) is 21.5. The van der Waals surface area contributed by atoms with Crippen LogP contribution in [0.3, 0.4) is 0 Å². The van der Waals surface area contributed by atoms with Crippen LogP contribution in [0.25, 0.3) is 10.2 Å². The van der Waals surface area contributed by atoms with Gasteiger partial charge in [0, 0.05) is 43.9 Å². The number of nitrogens with zero attached hydrogens (tertiary/aromatic N) is 4. The minimum atomic E-state index is -3.78. The van der Waals surface area contributed by atoms with Crippen LogP contribution in [0, 0.1) is 10.1 Å². The number of aromatic nitrogens is 1. The number of fused-ring (bicyclic) bond motifs is 1. The standard InChI is InChI=1S/C27H28N4O6S2/c1-3-29(19-20-8-6-5-7-9-20)39(35,36)23-13-10-21(11-14-23)26(32)28-27-30(16-17-37-4-2)24-15-12-22(31(33)34)18-25(24)38-27/h5-15,18H,3-4,16-17,19H2,1-2H3. The van der Waals surface area contributed by atoms with Crippen LogP contribution in [0.2, 0.25) is 0 Å². The van der Waals surface area contributed by atoms with Crippen LogP contribution in [0.5, 0.6) is 0 Å². The second-order valence-electron chi connectivity index (χ2n) is 8.50. The number of sulfonamides is 1. The SMILES string of the molecule is CCOCCn1c(=NC(=O)c2ccc(S(=O)(=O)N(CC)Cc3ccccc3)cc2)sc2cc([N+](=O)[O-])ccc21. The Morgan fingerprint density at radius 2 is 1.79 bits per heavy atom. The molecule has 0 atom stereocenters. The Balaban J connectivity index is 1.63. The van der Waals surface area contributed by atoms with Crippen molar-refractivity contribution in [1.29, 1.82) is 0 Å². The van der Waals surface area contributed by atoms with Crippen molar-refractivity contribution in [3.63, 3.8) is 0 Å². The van der Waals surface area contributed by atoms with E-state index < -0.39 is 20.9 Å². The second kappa shape index (κ2) is 12.4. The summed E-state index contributed by atoms with van der Waals surface area (Å²) in [5.41, 5.74) is 1.75. The summed E-state index contributed by atoms with van der Waals surface area (Å²) in [7, 11) is -3.78. The smallest absolute Gasteiger partial charge is 0.279 e. The monoisotopic (exact) mass is 568 g/mol. The first-order valence-electron chi connectivity index (χ1n) is 12.3. The van der Waals surface area contributed by atoms with Gasteiger partial charge in [0.1, 0.15) is 0 Å². The molecular weight excluding hydrogens is 540 g/mol. The molecule has 39 heavy (non-hydrogen) atoms. The molecule has 1 heterocycles. The van der Waals surface area contributed by atoms with Gasteiger partial charge >= 0.3 is 0 Å². The third-order valence-corrected chi connectivity index (χ3v) is 9.01. The minimum absolute atomic E-state index is 0.0521. The lowest BCUT2D eigenvalue weighted by molar-refractivity contribution is -0.384. The topological polar surface area (TPSA) is 124 Å². The molecule has 0 aliphatic rings. The van der Waals surface area contributed by atoms with Crippen LogP contribution in [-0.2, 0) is 27.8 Å². The molecule has 0 bridgehead atoms. The maximum atomic E-state index is 13.2. The lowest BCUT2D eigenvalue weighted by Gasteiger charge is -2.20. The molecule has 1 aromatic heterocycles. The third kappa shape index (κ3) is 6.48. The third-order valence-electron chi connectivity index (χ3n) is 6.03. The molecule has 204 valence electrons. The number of ether oxygens (including phenoxy) is 1. The predicted octanol–water partition coefficient (Wildman–Crippen LogP) is 4.60. The Hall–Kier alpha value is -3.71. The summed E-state index contributed by atoms with van der Waals surface area (Å²) in [6.07, 6.45) is 0. The van der Waals surface area contributed by atoms with Crippen molar-refractivity contribution in [2.45, 2.75) is 31.8 Å². The first-order chi connectivity index (χ1) is 18.7. The molecule has 0 saturated heterocycles. The molecule has 3 aromatic carbocycles. The van der Waals surface area contributed by atoms with Crippen LogP contribution in [-0.4, -0.2) is 47.9 Å². The van der Waals surface area contributed by atoms with Crippen molar-refractivity contribution < 1.29 is 22.9 Å². The van der Waals surface area contributed by atoms with Crippen LogP contribution in [0.4, 0.5) is 5.69 Å². The quantitative estimate of drug-likeness (QED) is 0.148. The number of nitro groups is 1. The number of non-ortho nitro benzene ring substituents is 1. The zero-order valence-corrected chi connectivity index (χ0v) is 23.2. The van der Waals surface area contributed by atoms with Gasteiger partial charge in [-0.05, 0) is 42.8 Å². The van der Waals surface area contributed by atoms with E-state index >= 15 is 0 Å². The van der Waals surface area contributed by atoms with E-state index in [2.05, 4.69) is 4.99 Å². The summed E-state index contributed by atoms with van der Waals surface area (Å²) in [6, 6.07) is 19.5. The highest BCUT2D eigenvalue weighted by Gasteiger charge is 2.23. The van der Waals surface area contributed by atoms with Gasteiger partial charge in [-0.1, -0.05) is 48.6 Å². The van der Waals surface area contributed by atoms with E-state index in [0.29, 0.717) is 41.3 Å². The molecule has 0 saturated carbocycles. The highest BCUT2D eigenvalue weighted by Crippen LogP contribution is 2.24. The lowest BCUT2D eigenvalue weighted by Crippen LogP contribution is -2.30. The van der Waals surface area contributed by atoms with E-state index in [1.165, 1.54) is 40.7 Å². The summed E-state index contributed by atoms with van der Waals surface area (Å²) in [5, 5.41) is 11.2. The van der Waals surface area contributed by atoms with Gasteiger partial charge in [0.05, 0.1) is 26.6 Å². The van der Waals surface area contributed by atoms with Crippen LogP contribution in [0.15, 0.2) is 82.7 Å². The molecule has 0 fully saturated rings. The maximum Gasteiger partial charge on any atom is 0.279 e. The van der Waals surface area contributed by atoms with Crippen LogP contribution < -0.4 is 4.80 Å². The Morgan fingerprint density at radius 1 is 1.08 bits per heavy atom. The fraction of sp³-hybridized carbons (Fsp3) is 0.259. The molecule has 0 N–H and O–H groups in total. The number of amides is 1. The highest BCUT2D eigenvalue weighted by molar-refractivity contribution is 7.89. The van der Waals surface area contributed by atoms with Gasteiger partial charge in [0.25, 0.3) is 11.6 Å². The molecular formula is C27H28N4O6S2. The summed E-state index contributed by atoms with van der Waals surface area (Å²) >= 11 is 1.16. The average Bonchev–Trinajstić information content (AvgIpc) is 3.28. The molecule has 0 spiro atoms. The molecule has 4 aromatic rings. The second-order valence-corrected chi connectivity index (χ2v) is 11.4. The van der Waals surface area contributed by atoms with Crippen LogP contribution in [0.1, 0.15) is 29.8 Å². The Bertz CT molecular complexity index is 1650. The average molecular weight is 569 g/mol. The molecule has 10 nitrogen and oxygen atoms in total. The number of carbonyl (C=O) groups excluding carboxylic acids is 1. The van der Waals surface area contributed by atoms with Gasteiger partial charge < -0.3 is 9.30 Å². The van der Waals surface area contributed by atoms with Gasteiger partial charge in [-0.2, -0.15) is 9.30 Å². The van der Waals surface area contributed by atoms with E-state index in [-0.39, 0.29) is 22.7 Å². The van der Waals surface area contributed by atoms with Gasteiger partial charge in [-0.15, -0.1) is 0 Å². The predicted molar refractivity (Wildman–Crippen MR) is 149 cm³/mol. The molecule has 4 rings (SSSR count). The Kier molecular flexibility index (Phi) is 9.02. The number of thiazole rings is 1. The van der Waals surface area contributed by atoms with Crippen molar-refractivity contribution in [2.24, 2.45) is 4.99 Å². The molecule has 1 amide bonds. The summed E-state index contributed by atoms with van der Waals surface area (Å²) in [4.78, 5) is 28.5. The van der Waals surface area contributed by atoms with E-state index in [9.17, 15) is 23.3 Å². The van der Waals surface area contributed by atoms with E-state index in [1.54, 1.807) is 17.6 Å². The largest absolute Gasteiger partial charge is 0.380 e. The van der Waals surface area contributed by atoms with Crippen molar-refractivity contribution in [2.75, 3.05) is 19.8 Å². The molecule has 0 unspecified atom stereocenters. The Labute approximate surface area is 230 Å². The van der Waals surface area contributed by atoms with Crippen molar-refractivity contribution in [3.05, 3.63) is 98.8 Å². The Morgan fingerprint density at radius 3 is 2.44 bits per heavy atom. The van der Waals surface area contributed by atoms with E-state index in [1.807, 2.05) is 37.3 Å². The zero-order chi connectivity index (χ0) is 28.0. The molecule has 0 aliphatic heterocycles. The summed E-state index contributed by atoms with van der Waals surface area (Å²) in [5.74, 6) is -0.554. The van der Waals surface area contributed by atoms with Crippen molar-refractivity contribution in [1.82, 2.24) is 8.87 Å². The summed E-state index contributed by atoms with van der Waals surface area (Å²) in [6.45, 7) is 5.49. The summed E-state index contributed by atoms with van der Waals surface area (Å²) < 4.78 is 35.7. The van der Waals surface area contributed by atoms with Gasteiger partial charge in [-0.3, -0.25) is 14.9 Å². The van der Waals surface area contributed by atoms with Crippen molar-refractivity contribution >= 4 is 43.2 Å². The number of rotatable bonds is 11. The number of carbonyl (C=O) groups is 1. The highest BCUT2D eigenvalue weighted by atomic mass is 32.2. The van der Waals surface area contributed by atoms with Gasteiger partial charge in [0.2, 0.25) is 10.0 Å². The number of benzene rings is 3.